The van der Waals surface area contributed by atoms with Crippen molar-refractivity contribution in [1.29, 1.82) is 0 Å². The van der Waals surface area contributed by atoms with E-state index in [0.29, 0.717) is 19.3 Å². The van der Waals surface area contributed by atoms with Crippen molar-refractivity contribution in [2.24, 2.45) is 11.3 Å². The number of nitrogens with one attached hydrogen (secondary N) is 1. The molecule has 2 aromatic rings. The summed E-state index contributed by atoms with van der Waals surface area (Å²) in [4.78, 5) is 26.3. The number of methoxy groups -OCH3 is 1. The van der Waals surface area contributed by atoms with Gasteiger partial charge in [0, 0.05) is 31.4 Å². The Morgan fingerprint density at radius 1 is 1.09 bits per heavy atom. The van der Waals surface area contributed by atoms with Crippen LogP contribution in [0.3, 0.4) is 0 Å². The van der Waals surface area contributed by atoms with Crippen molar-refractivity contribution < 1.29 is 19.1 Å². The van der Waals surface area contributed by atoms with Gasteiger partial charge < -0.3 is 14.8 Å². The van der Waals surface area contributed by atoms with Gasteiger partial charge >= 0.3 is 5.97 Å². The second-order valence-corrected chi connectivity index (χ2v) is 9.90. The van der Waals surface area contributed by atoms with Gasteiger partial charge in [-0.3, -0.25) is 9.59 Å². The van der Waals surface area contributed by atoms with Gasteiger partial charge in [-0.05, 0) is 49.8 Å². The van der Waals surface area contributed by atoms with Gasteiger partial charge in [0.2, 0.25) is 0 Å². The maximum absolute atomic E-state index is 13.3. The summed E-state index contributed by atoms with van der Waals surface area (Å²) in [7, 11) is 1.70. The fourth-order valence-corrected chi connectivity index (χ4v) is 5.60. The van der Waals surface area contributed by atoms with E-state index >= 15 is 0 Å². The first-order valence-corrected chi connectivity index (χ1v) is 12.6. The van der Waals surface area contributed by atoms with Crippen LogP contribution in [0.4, 0.5) is 0 Å². The molecule has 5 nitrogen and oxygen atoms in total. The number of hydrogen-bond acceptors (Lipinski definition) is 5. The number of esters is 1. The topological polar surface area (TPSA) is 64.6 Å². The van der Waals surface area contributed by atoms with Crippen molar-refractivity contribution in [2.75, 3.05) is 13.7 Å². The quantitative estimate of drug-likeness (QED) is 0.447. The number of carbonyl (C=O) groups is 2. The van der Waals surface area contributed by atoms with Crippen LogP contribution in [0.2, 0.25) is 0 Å². The highest BCUT2D eigenvalue weighted by atomic mass is 16.5. The van der Waals surface area contributed by atoms with E-state index in [-0.39, 0.29) is 42.3 Å². The molecule has 4 rings (SSSR count). The van der Waals surface area contributed by atoms with E-state index in [0.717, 1.165) is 31.4 Å². The van der Waals surface area contributed by atoms with Gasteiger partial charge in [-0.1, -0.05) is 67.6 Å². The lowest BCUT2D eigenvalue weighted by Gasteiger charge is -2.27. The Bertz CT molecular complexity index is 941. The molecule has 2 aliphatic rings. The SMILES string of the molecule is COC(C1CCCN1)C(C)C(=O)CCCC1(C(=O)OCc2ccccc2)CC1c1ccccc1. The second-order valence-electron chi connectivity index (χ2n) is 9.90. The number of hydrogen-bond donors (Lipinski definition) is 1. The summed E-state index contributed by atoms with van der Waals surface area (Å²) in [5, 5.41) is 3.46. The lowest BCUT2D eigenvalue weighted by atomic mass is 9.88. The van der Waals surface area contributed by atoms with Gasteiger partial charge in [-0.15, -0.1) is 0 Å². The molecule has 5 atom stereocenters. The van der Waals surface area contributed by atoms with Gasteiger partial charge in [0.25, 0.3) is 0 Å². The van der Waals surface area contributed by atoms with Crippen LogP contribution in [0.1, 0.15) is 62.5 Å². The van der Waals surface area contributed by atoms with E-state index in [1.165, 1.54) is 5.56 Å². The molecular formula is C29H37NO4. The average molecular weight is 464 g/mol. The van der Waals surface area contributed by atoms with Crippen molar-refractivity contribution in [3.05, 3.63) is 71.8 Å². The summed E-state index contributed by atoms with van der Waals surface area (Å²) < 4.78 is 11.5. The minimum Gasteiger partial charge on any atom is -0.460 e. The number of ketones is 1. The summed E-state index contributed by atoms with van der Waals surface area (Å²) in [6.45, 7) is 3.24. The van der Waals surface area contributed by atoms with Gasteiger partial charge in [0.05, 0.1) is 11.5 Å². The van der Waals surface area contributed by atoms with Crippen LogP contribution >= 0.6 is 0 Å². The van der Waals surface area contributed by atoms with Crippen molar-refractivity contribution in [2.45, 2.75) is 70.1 Å². The Balaban J connectivity index is 1.37. The summed E-state index contributed by atoms with van der Waals surface area (Å²) in [6.07, 6.45) is 4.66. The number of ether oxygens (including phenoxy) is 2. The summed E-state index contributed by atoms with van der Waals surface area (Å²) >= 11 is 0. The number of carbonyl (C=O) groups excluding carboxylic acids is 2. The predicted octanol–water partition coefficient (Wildman–Crippen LogP) is 5.05. The highest BCUT2D eigenvalue weighted by Crippen LogP contribution is 2.63. The van der Waals surface area contributed by atoms with E-state index in [2.05, 4.69) is 17.4 Å². The zero-order chi connectivity index (χ0) is 24.0. The molecular weight excluding hydrogens is 426 g/mol. The third kappa shape index (κ3) is 5.59. The molecule has 1 aliphatic heterocycles. The van der Waals surface area contributed by atoms with Crippen molar-refractivity contribution in [3.63, 3.8) is 0 Å². The Hall–Kier alpha value is -2.50. The Morgan fingerprint density at radius 2 is 1.79 bits per heavy atom. The van der Waals surface area contributed by atoms with E-state index in [1.54, 1.807) is 7.11 Å². The first-order chi connectivity index (χ1) is 16.5. The molecule has 182 valence electrons. The molecule has 0 aromatic heterocycles. The van der Waals surface area contributed by atoms with Gasteiger partial charge in [-0.25, -0.2) is 0 Å². The molecule has 5 heteroatoms. The normalized spacial score (nSPS) is 25.5. The molecule has 1 saturated carbocycles. The molecule has 1 saturated heterocycles. The average Bonchev–Trinajstić information content (AvgIpc) is 3.37. The first-order valence-electron chi connectivity index (χ1n) is 12.6. The van der Waals surface area contributed by atoms with E-state index in [4.69, 9.17) is 9.47 Å². The van der Waals surface area contributed by atoms with Crippen molar-refractivity contribution in [3.8, 4) is 0 Å². The van der Waals surface area contributed by atoms with Gasteiger partial charge in [0.15, 0.2) is 0 Å². The van der Waals surface area contributed by atoms with Gasteiger partial charge in [-0.2, -0.15) is 0 Å². The molecule has 5 unspecified atom stereocenters. The van der Waals surface area contributed by atoms with Gasteiger partial charge in [0.1, 0.15) is 12.4 Å². The minimum atomic E-state index is -0.534. The molecule has 34 heavy (non-hydrogen) atoms. The third-order valence-corrected chi connectivity index (χ3v) is 7.71. The third-order valence-electron chi connectivity index (χ3n) is 7.71. The Morgan fingerprint density at radius 3 is 2.44 bits per heavy atom. The fourth-order valence-electron chi connectivity index (χ4n) is 5.60. The van der Waals surface area contributed by atoms with E-state index in [9.17, 15) is 9.59 Å². The largest absolute Gasteiger partial charge is 0.460 e. The molecule has 2 aromatic carbocycles. The number of rotatable bonds is 12. The Labute approximate surface area is 203 Å². The summed E-state index contributed by atoms with van der Waals surface area (Å²) in [5.41, 5.74) is 1.62. The summed E-state index contributed by atoms with van der Waals surface area (Å²) in [5.74, 6) is 0.0607. The molecule has 1 heterocycles. The smallest absolute Gasteiger partial charge is 0.313 e. The highest BCUT2D eigenvalue weighted by Gasteiger charge is 2.61. The lowest BCUT2D eigenvalue weighted by Crippen LogP contribution is -2.43. The summed E-state index contributed by atoms with van der Waals surface area (Å²) in [6, 6.07) is 20.2. The maximum atomic E-state index is 13.3. The zero-order valence-electron chi connectivity index (χ0n) is 20.4. The molecule has 0 radical (unpaired) electrons. The molecule has 0 amide bonds. The van der Waals surface area contributed by atoms with Crippen LogP contribution in [0.15, 0.2) is 60.7 Å². The van der Waals surface area contributed by atoms with E-state index < -0.39 is 5.41 Å². The molecule has 1 N–H and O–H groups in total. The molecule has 0 bridgehead atoms. The highest BCUT2D eigenvalue weighted by molar-refractivity contribution is 5.83. The van der Waals surface area contributed by atoms with Crippen molar-refractivity contribution in [1.82, 2.24) is 5.32 Å². The second kappa shape index (κ2) is 11.3. The van der Waals surface area contributed by atoms with E-state index in [1.807, 2.05) is 55.5 Å². The lowest BCUT2D eigenvalue weighted by molar-refractivity contribution is -0.152. The predicted molar refractivity (Wildman–Crippen MR) is 132 cm³/mol. The number of benzene rings is 2. The van der Waals surface area contributed by atoms with Crippen molar-refractivity contribution >= 4 is 11.8 Å². The molecule has 2 fully saturated rings. The number of Topliss-reactive ketones (excluding diaryl/α,β-unsaturated/α-hetero) is 1. The monoisotopic (exact) mass is 463 g/mol. The van der Waals surface area contributed by atoms with Crippen LogP contribution in [-0.4, -0.2) is 37.6 Å². The maximum Gasteiger partial charge on any atom is 0.313 e. The minimum absolute atomic E-state index is 0.0993. The fraction of sp³-hybridized carbons (Fsp3) is 0.517. The van der Waals surface area contributed by atoms with Crippen LogP contribution < -0.4 is 5.32 Å². The van der Waals surface area contributed by atoms with Crippen LogP contribution in [0, 0.1) is 11.3 Å². The zero-order valence-corrected chi connectivity index (χ0v) is 20.4. The molecule has 0 spiro atoms. The standard InChI is InChI=1S/C29H37NO4/c1-21(27(33-2)25-15-10-18-30-25)26(31)16-9-17-29(19-24(29)23-13-7-4-8-14-23)28(32)34-20-22-11-5-3-6-12-22/h3-8,11-14,21,24-25,27,30H,9-10,15-20H2,1-2H3. The van der Waals surface area contributed by atoms with Crippen LogP contribution in [-0.2, 0) is 25.7 Å². The van der Waals surface area contributed by atoms with Crippen LogP contribution in [0.5, 0.6) is 0 Å². The van der Waals surface area contributed by atoms with Crippen LogP contribution in [0.25, 0.3) is 0 Å². The first kappa shape index (κ1) is 24.6. The Kier molecular flexibility index (Phi) is 8.17. The molecule has 1 aliphatic carbocycles.